The summed E-state index contributed by atoms with van der Waals surface area (Å²) in [4.78, 5) is 25.0. The minimum Gasteiger partial charge on any atom is -0.497 e. The Morgan fingerprint density at radius 3 is 2.56 bits per heavy atom. The van der Waals surface area contributed by atoms with Gasteiger partial charge in [-0.05, 0) is 62.1 Å². The zero-order valence-electron chi connectivity index (χ0n) is 20.1. The van der Waals surface area contributed by atoms with E-state index in [0.29, 0.717) is 18.8 Å². The number of alkyl halides is 2. The van der Waals surface area contributed by atoms with Crippen molar-refractivity contribution < 1.29 is 42.3 Å². The van der Waals surface area contributed by atoms with Gasteiger partial charge in [0.1, 0.15) is 17.6 Å². The van der Waals surface area contributed by atoms with Crippen molar-refractivity contribution >= 4 is 5.78 Å². The predicted octanol–water partition coefficient (Wildman–Crippen LogP) is 4.77. The Morgan fingerprint density at radius 2 is 1.85 bits per heavy atom. The summed E-state index contributed by atoms with van der Waals surface area (Å²) in [5.74, 6) is -6.61. The maximum atomic E-state index is 16.0. The summed E-state index contributed by atoms with van der Waals surface area (Å²) in [6.45, 7) is 5.60. The van der Waals surface area contributed by atoms with E-state index in [2.05, 4.69) is 6.92 Å². The molecule has 4 heterocycles. The number of hydrogen-bond acceptors (Lipinski definition) is 7. The van der Waals surface area contributed by atoms with E-state index in [1.54, 1.807) is 19.9 Å². The Labute approximate surface area is 197 Å². The van der Waals surface area contributed by atoms with Crippen molar-refractivity contribution in [3.63, 3.8) is 0 Å². The fraction of sp³-hybridized carbons (Fsp3) is 0.720. The molecular formula is C25H32F2O7. The number of benzene rings is 1. The van der Waals surface area contributed by atoms with Crippen LogP contribution in [0.3, 0.4) is 0 Å². The third-order valence-electron chi connectivity index (χ3n) is 8.47. The third kappa shape index (κ3) is 3.31. The highest BCUT2D eigenvalue weighted by molar-refractivity contribution is 6.04. The second kappa shape index (κ2) is 8.11. The molecule has 0 radical (unpaired) electrons. The van der Waals surface area contributed by atoms with Gasteiger partial charge in [-0.15, -0.1) is 0 Å². The fourth-order valence-corrected chi connectivity index (χ4v) is 6.62. The van der Waals surface area contributed by atoms with Crippen LogP contribution in [0.2, 0.25) is 0 Å². The van der Waals surface area contributed by atoms with Crippen molar-refractivity contribution in [1.82, 2.24) is 0 Å². The zero-order valence-corrected chi connectivity index (χ0v) is 20.1. The van der Waals surface area contributed by atoms with Crippen LogP contribution in [0.25, 0.3) is 0 Å². The second-order valence-electron chi connectivity index (χ2n) is 10.3. The van der Waals surface area contributed by atoms with Crippen LogP contribution in [-0.2, 0) is 19.2 Å². The highest BCUT2D eigenvalue weighted by Gasteiger charge is 2.72. The average Bonchev–Trinajstić information content (AvgIpc) is 3.06. The van der Waals surface area contributed by atoms with E-state index in [1.807, 2.05) is 0 Å². The minimum atomic E-state index is -3.84. The zero-order chi connectivity index (χ0) is 24.5. The van der Waals surface area contributed by atoms with E-state index in [1.165, 1.54) is 26.4 Å². The molecule has 0 aromatic heterocycles. The largest absolute Gasteiger partial charge is 0.497 e. The van der Waals surface area contributed by atoms with Gasteiger partial charge in [-0.2, -0.15) is 8.78 Å². The highest BCUT2D eigenvalue weighted by atomic mass is 19.3. The lowest BCUT2D eigenvalue weighted by molar-refractivity contribution is -0.573. The second-order valence-corrected chi connectivity index (χ2v) is 10.3. The van der Waals surface area contributed by atoms with Crippen molar-refractivity contribution in [3.8, 4) is 11.5 Å². The van der Waals surface area contributed by atoms with Gasteiger partial charge in [0, 0.05) is 12.3 Å². The minimum absolute atomic E-state index is 0.0472. The van der Waals surface area contributed by atoms with Crippen LogP contribution in [0.4, 0.5) is 8.78 Å². The molecule has 8 atom stereocenters. The van der Waals surface area contributed by atoms with E-state index in [-0.39, 0.29) is 28.9 Å². The average molecular weight is 483 g/mol. The van der Waals surface area contributed by atoms with Crippen molar-refractivity contribution in [1.29, 1.82) is 0 Å². The Kier molecular flexibility index (Phi) is 5.71. The van der Waals surface area contributed by atoms with Crippen LogP contribution in [-0.4, -0.2) is 49.7 Å². The molecule has 1 saturated carbocycles. The van der Waals surface area contributed by atoms with Gasteiger partial charge in [-0.1, -0.05) is 13.8 Å². The maximum Gasteiger partial charge on any atom is 0.335 e. The third-order valence-corrected chi connectivity index (χ3v) is 8.47. The summed E-state index contributed by atoms with van der Waals surface area (Å²) >= 11 is 0. The SMILES string of the molecule is COc1ccc(OC)c(C(=O)C(F)(F)[C@H]2O[C@@H]3O[C@]4(C)CC[C@H]5[C@H](C)CC[C@@H]([C@@H]2C)[C@@]35OO4)c1. The van der Waals surface area contributed by atoms with E-state index in [4.69, 9.17) is 28.7 Å². The summed E-state index contributed by atoms with van der Waals surface area (Å²) in [5.41, 5.74) is -1.23. The molecule has 0 amide bonds. The highest BCUT2D eigenvalue weighted by Crippen LogP contribution is 2.61. The molecule has 0 unspecified atom stereocenters. The van der Waals surface area contributed by atoms with Crippen molar-refractivity contribution in [2.45, 2.75) is 76.2 Å². The van der Waals surface area contributed by atoms with Crippen LogP contribution in [0.5, 0.6) is 11.5 Å². The van der Waals surface area contributed by atoms with Crippen molar-refractivity contribution in [3.05, 3.63) is 23.8 Å². The molecule has 6 rings (SSSR count). The van der Waals surface area contributed by atoms with Gasteiger partial charge in [0.2, 0.25) is 11.6 Å². The number of ketones is 1. The van der Waals surface area contributed by atoms with Crippen LogP contribution < -0.4 is 9.47 Å². The number of hydrogen-bond donors (Lipinski definition) is 0. The standard InChI is InChI=1S/C25H32F2O7/c1-13-6-8-18-14(2)21(31-22-24(18)17(13)10-11-23(3,32-22)33-34-24)25(26,27)20(28)16-12-15(29-4)7-9-19(16)30-5/h7,9,12-14,17-18,21-22H,6,8,10-11H2,1-5H3/t13-,14+,17+,18+,21+,22-,23+,24-/m1/s1. The normalized spacial score (nSPS) is 41.4. The number of carbonyl (C=O) groups excluding carboxylic acids is 1. The maximum absolute atomic E-state index is 16.0. The number of Topliss-reactive ketones (excluding diaryl/α,β-unsaturated/α-hetero) is 1. The molecule has 1 aliphatic carbocycles. The number of methoxy groups -OCH3 is 2. The smallest absolute Gasteiger partial charge is 0.335 e. The van der Waals surface area contributed by atoms with E-state index in [9.17, 15) is 4.79 Å². The first-order valence-electron chi connectivity index (χ1n) is 11.9. The molecule has 0 N–H and O–H groups in total. The molecule has 9 heteroatoms. The number of carbonyl (C=O) groups is 1. The summed E-state index contributed by atoms with van der Waals surface area (Å²) < 4.78 is 54.5. The van der Waals surface area contributed by atoms with E-state index >= 15 is 8.78 Å². The predicted molar refractivity (Wildman–Crippen MR) is 116 cm³/mol. The van der Waals surface area contributed by atoms with E-state index < -0.39 is 41.4 Å². The van der Waals surface area contributed by atoms with Gasteiger partial charge in [0.15, 0.2) is 11.9 Å². The lowest BCUT2D eigenvalue weighted by atomic mass is 9.57. The first kappa shape index (κ1) is 23.9. The van der Waals surface area contributed by atoms with Gasteiger partial charge >= 0.3 is 5.92 Å². The van der Waals surface area contributed by atoms with Crippen LogP contribution in [0.15, 0.2) is 18.2 Å². The molecule has 7 nitrogen and oxygen atoms in total. The summed E-state index contributed by atoms with van der Waals surface area (Å²) in [6.07, 6.45) is 0.152. The number of fused-ring (bicyclic) bond motifs is 2. The molecule has 1 aromatic rings. The quantitative estimate of drug-likeness (QED) is 0.442. The van der Waals surface area contributed by atoms with Gasteiger partial charge in [-0.3, -0.25) is 4.79 Å². The lowest BCUT2D eigenvalue weighted by Crippen LogP contribution is -2.72. The number of halogens is 2. The molecule has 4 saturated heterocycles. The molecule has 2 bridgehead atoms. The van der Waals surface area contributed by atoms with E-state index in [0.717, 1.165) is 12.8 Å². The first-order chi connectivity index (χ1) is 16.1. The number of rotatable bonds is 5. The lowest BCUT2D eigenvalue weighted by Gasteiger charge is -2.60. The summed E-state index contributed by atoms with van der Waals surface area (Å²) in [7, 11) is 2.74. The molecular weight excluding hydrogens is 450 g/mol. The Balaban J connectivity index is 1.53. The van der Waals surface area contributed by atoms with Crippen LogP contribution in [0, 0.1) is 23.7 Å². The Morgan fingerprint density at radius 1 is 1.09 bits per heavy atom. The first-order valence-corrected chi connectivity index (χ1v) is 11.9. The molecule has 5 fully saturated rings. The van der Waals surface area contributed by atoms with Crippen LogP contribution >= 0.6 is 0 Å². The summed E-state index contributed by atoms with van der Waals surface area (Å²) in [5, 5.41) is 0. The molecule has 4 aliphatic heterocycles. The Bertz CT molecular complexity index is 971. The molecule has 188 valence electrons. The van der Waals surface area contributed by atoms with Gasteiger partial charge in [0.05, 0.1) is 19.8 Å². The van der Waals surface area contributed by atoms with Crippen LogP contribution in [0.1, 0.15) is 56.8 Å². The molecule has 1 spiro atoms. The molecule has 5 aliphatic rings. The topological polar surface area (TPSA) is 72.5 Å². The van der Waals surface area contributed by atoms with Crippen molar-refractivity contribution in [2.75, 3.05) is 14.2 Å². The van der Waals surface area contributed by atoms with Crippen molar-refractivity contribution in [2.24, 2.45) is 23.7 Å². The molecule has 34 heavy (non-hydrogen) atoms. The Hall–Kier alpha value is -1.81. The fourth-order valence-electron chi connectivity index (χ4n) is 6.62. The van der Waals surface area contributed by atoms with Gasteiger partial charge in [-0.25, -0.2) is 9.78 Å². The van der Waals surface area contributed by atoms with Gasteiger partial charge in [0.25, 0.3) is 0 Å². The monoisotopic (exact) mass is 482 g/mol. The summed E-state index contributed by atoms with van der Waals surface area (Å²) in [6, 6.07) is 4.26. The van der Waals surface area contributed by atoms with Gasteiger partial charge < -0.3 is 18.9 Å². The number of ether oxygens (including phenoxy) is 4. The molecule has 1 aromatic carbocycles.